The molecule has 1 aromatic rings. The number of hydrogen-bond donors (Lipinski definition) is 2. The molecular formula is C11H13F3N2O. The number of hydrogen-bond acceptors (Lipinski definition) is 2. The van der Waals surface area contributed by atoms with Crippen molar-refractivity contribution in [3.63, 3.8) is 0 Å². The van der Waals surface area contributed by atoms with Crippen LogP contribution in [0.3, 0.4) is 0 Å². The molecule has 94 valence electrons. The molecule has 0 atom stereocenters. The van der Waals surface area contributed by atoms with Gasteiger partial charge in [-0.1, -0.05) is 6.92 Å². The normalized spacial score (nSPS) is 10.4. The molecule has 17 heavy (non-hydrogen) atoms. The van der Waals surface area contributed by atoms with Gasteiger partial charge in [0.2, 0.25) is 0 Å². The molecule has 3 nitrogen and oxygen atoms in total. The van der Waals surface area contributed by atoms with Crippen LogP contribution >= 0.6 is 0 Å². The Morgan fingerprint density at radius 2 is 1.88 bits per heavy atom. The Labute approximate surface area is 97.0 Å². The SMILES string of the molecule is CCNCCNC(=O)c1ccc(F)c(F)c1F. The van der Waals surface area contributed by atoms with Gasteiger partial charge in [-0.05, 0) is 18.7 Å². The average molecular weight is 246 g/mol. The van der Waals surface area contributed by atoms with Crippen molar-refractivity contribution in [3.05, 3.63) is 35.1 Å². The minimum Gasteiger partial charge on any atom is -0.351 e. The lowest BCUT2D eigenvalue weighted by atomic mass is 10.2. The Kier molecular flexibility index (Phi) is 4.96. The Balaban J connectivity index is 2.66. The highest BCUT2D eigenvalue weighted by Gasteiger charge is 2.18. The number of benzene rings is 1. The molecule has 0 aliphatic carbocycles. The van der Waals surface area contributed by atoms with Gasteiger partial charge in [0.05, 0.1) is 5.56 Å². The van der Waals surface area contributed by atoms with E-state index in [0.29, 0.717) is 6.54 Å². The van der Waals surface area contributed by atoms with Crippen molar-refractivity contribution < 1.29 is 18.0 Å². The summed E-state index contributed by atoms with van der Waals surface area (Å²) in [5.41, 5.74) is -0.500. The number of carbonyl (C=O) groups is 1. The van der Waals surface area contributed by atoms with Gasteiger partial charge in [0.15, 0.2) is 17.5 Å². The number of nitrogens with one attached hydrogen (secondary N) is 2. The monoisotopic (exact) mass is 246 g/mol. The van der Waals surface area contributed by atoms with Crippen LogP contribution in [-0.4, -0.2) is 25.5 Å². The molecule has 2 N–H and O–H groups in total. The van der Waals surface area contributed by atoms with Crippen molar-refractivity contribution in [2.75, 3.05) is 19.6 Å². The molecule has 1 amide bonds. The Bertz CT molecular complexity index is 410. The maximum atomic E-state index is 13.2. The van der Waals surface area contributed by atoms with E-state index in [4.69, 9.17) is 0 Å². The van der Waals surface area contributed by atoms with Crippen molar-refractivity contribution in [3.8, 4) is 0 Å². The summed E-state index contributed by atoms with van der Waals surface area (Å²) in [4.78, 5) is 11.4. The van der Waals surface area contributed by atoms with E-state index in [1.807, 2.05) is 6.92 Å². The first-order chi connectivity index (χ1) is 8.07. The lowest BCUT2D eigenvalue weighted by Gasteiger charge is -2.07. The summed E-state index contributed by atoms with van der Waals surface area (Å²) in [7, 11) is 0. The highest BCUT2D eigenvalue weighted by atomic mass is 19.2. The van der Waals surface area contributed by atoms with Crippen LogP contribution < -0.4 is 10.6 Å². The highest BCUT2D eigenvalue weighted by molar-refractivity contribution is 5.94. The summed E-state index contributed by atoms with van der Waals surface area (Å²) < 4.78 is 38.7. The standard InChI is InChI=1S/C11H13F3N2O/c1-2-15-5-6-16-11(17)7-3-4-8(12)10(14)9(7)13/h3-4,15H,2,5-6H2,1H3,(H,16,17). The summed E-state index contributed by atoms with van der Waals surface area (Å²) in [6.07, 6.45) is 0. The van der Waals surface area contributed by atoms with Crippen LogP contribution in [0.1, 0.15) is 17.3 Å². The van der Waals surface area contributed by atoms with Gasteiger partial charge in [0.1, 0.15) is 0 Å². The quantitative estimate of drug-likeness (QED) is 0.609. The Hall–Kier alpha value is -1.56. The third kappa shape index (κ3) is 3.45. The van der Waals surface area contributed by atoms with Crippen molar-refractivity contribution in [2.24, 2.45) is 0 Å². The molecule has 1 aromatic carbocycles. The largest absolute Gasteiger partial charge is 0.351 e. The molecule has 0 aliphatic heterocycles. The zero-order chi connectivity index (χ0) is 12.8. The average Bonchev–Trinajstić information content (AvgIpc) is 2.31. The Morgan fingerprint density at radius 3 is 2.53 bits per heavy atom. The number of rotatable bonds is 5. The molecule has 0 aromatic heterocycles. The second-order valence-corrected chi connectivity index (χ2v) is 3.33. The minimum atomic E-state index is -1.63. The molecular weight excluding hydrogens is 233 g/mol. The van der Waals surface area contributed by atoms with Gasteiger partial charge in [0.25, 0.3) is 5.91 Å². The molecule has 1 rings (SSSR count). The van der Waals surface area contributed by atoms with Gasteiger partial charge in [-0.15, -0.1) is 0 Å². The van der Waals surface area contributed by atoms with E-state index < -0.39 is 28.9 Å². The zero-order valence-electron chi connectivity index (χ0n) is 9.32. The van der Waals surface area contributed by atoms with E-state index >= 15 is 0 Å². The molecule has 0 unspecified atom stereocenters. The van der Waals surface area contributed by atoms with Gasteiger partial charge in [-0.2, -0.15) is 0 Å². The Morgan fingerprint density at radius 1 is 1.18 bits per heavy atom. The molecule has 0 saturated heterocycles. The predicted molar refractivity (Wildman–Crippen MR) is 57.2 cm³/mol. The summed E-state index contributed by atoms with van der Waals surface area (Å²) in [6, 6.07) is 1.63. The van der Waals surface area contributed by atoms with Gasteiger partial charge >= 0.3 is 0 Å². The molecule has 0 heterocycles. The third-order valence-electron chi connectivity index (χ3n) is 2.12. The van der Waals surface area contributed by atoms with E-state index in [9.17, 15) is 18.0 Å². The molecule has 0 spiro atoms. The molecule has 0 bridgehead atoms. The fourth-order valence-electron chi connectivity index (χ4n) is 1.24. The smallest absolute Gasteiger partial charge is 0.254 e. The topological polar surface area (TPSA) is 41.1 Å². The second kappa shape index (κ2) is 6.24. The van der Waals surface area contributed by atoms with Crippen LogP contribution in [0.5, 0.6) is 0 Å². The van der Waals surface area contributed by atoms with Crippen LogP contribution in [0, 0.1) is 17.5 Å². The summed E-state index contributed by atoms with van der Waals surface area (Å²) in [6.45, 7) is 3.45. The minimum absolute atomic E-state index is 0.283. The van der Waals surface area contributed by atoms with Gasteiger partial charge < -0.3 is 10.6 Å². The second-order valence-electron chi connectivity index (χ2n) is 3.33. The summed E-state index contributed by atoms with van der Waals surface area (Å²) in [5, 5.41) is 5.34. The fourth-order valence-corrected chi connectivity index (χ4v) is 1.24. The molecule has 0 aliphatic rings. The number of halogens is 3. The molecule has 0 fully saturated rings. The first-order valence-electron chi connectivity index (χ1n) is 5.20. The molecule has 6 heteroatoms. The summed E-state index contributed by atoms with van der Waals surface area (Å²) in [5.74, 6) is -5.18. The van der Waals surface area contributed by atoms with Crippen LogP contribution in [-0.2, 0) is 0 Å². The van der Waals surface area contributed by atoms with Crippen molar-refractivity contribution in [1.82, 2.24) is 10.6 Å². The maximum absolute atomic E-state index is 13.2. The van der Waals surface area contributed by atoms with Crippen molar-refractivity contribution >= 4 is 5.91 Å². The van der Waals surface area contributed by atoms with E-state index in [0.717, 1.165) is 18.7 Å². The van der Waals surface area contributed by atoms with Crippen LogP contribution in [0.25, 0.3) is 0 Å². The summed E-state index contributed by atoms with van der Waals surface area (Å²) >= 11 is 0. The fraction of sp³-hybridized carbons (Fsp3) is 0.364. The molecule has 0 radical (unpaired) electrons. The van der Waals surface area contributed by atoms with Gasteiger partial charge in [0, 0.05) is 13.1 Å². The van der Waals surface area contributed by atoms with E-state index in [1.165, 1.54) is 0 Å². The van der Waals surface area contributed by atoms with Crippen LogP contribution in [0.2, 0.25) is 0 Å². The van der Waals surface area contributed by atoms with Crippen molar-refractivity contribution in [2.45, 2.75) is 6.92 Å². The predicted octanol–water partition coefficient (Wildman–Crippen LogP) is 1.44. The lowest BCUT2D eigenvalue weighted by molar-refractivity contribution is 0.0948. The number of likely N-dealkylation sites (N-methyl/N-ethyl adjacent to an activating group) is 1. The highest BCUT2D eigenvalue weighted by Crippen LogP contribution is 2.14. The zero-order valence-corrected chi connectivity index (χ0v) is 9.32. The van der Waals surface area contributed by atoms with Crippen LogP contribution in [0.15, 0.2) is 12.1 Å². The van der Waals surface area contributed by atoms with Crippen LogP contribution in [0.4, 0.5) is 13.2 Å². The molecule has 0 saturated carbocycles. The third-order valence-corrected chi connectivity index (χ3v) is 2.12. The van der Waals surface area contributed by atoms with E-state index in [1.54, 1.807) is 0 Å². The lowest BCUT2D eigenvalue weighted by Crippen LogP contribution is -2.32. The van der Waals surface area contributed by atoms with Gasteiger partial charge in [-0.3, -0.25) is 4.79 Å². The van der Waals surface area contributed by atoms with Crippen molar-refractivity contribution in [1.29, 1.82) is 0 Å². The first kappa shape index (κ1) is 13.5. The first-order valence-corrected chi connectivity index (χ1v) is 5.20. The number of amides is 1. The maximum Gasteiger partial charge on any atom is 0.254 e. The van der Waals surface area contributed by atoms with E-state index in [2.05, 4.69) is 10.6 Å². The van der Waals surface area contributed by atoms with Gasteiger partial charge in [-0.25, -0.2) is 13.2 Å². The van der Waals surface area contributed by atoms with E-state index in [-0.39, 0.29) is 6.54 Å². The number of carbonyl (C=O) groups excluding carboxylic acids is 1.